The van der Waals surface area contributed by atoms with Crippen molar-refractivity contribution in [3.8, 4) is 6.07 Å². The summed E-state index contributed by atoms with van der Waals surface area (Å²) in [7, 11) is 1.57. The Morgan fingerprint density at radius 1 is 1.36 bits per heavy atom. The second kappa shape index (κ2) is 9.31. The predicted molar refractivity (Wildman–Crippen MR) is 109 cm³/mol. The van der Waals surface area contributed by atoms with Crippen LogP contribution in [0, 0.1) is 11.3 Å². The maximum Gasteiger partial charge on any atom is 0.249 e. The molecule has 144 valence electrons. The molecule has 2 heterocycles. The Morgan fingerprint density at radius 2 is 2.14 bits per heavy atom. The summed E-state index contributed by atoms with van der Waals surface area (Å²) in [5, 5.41) is 12.9. The van der Waals surface area contributed by atoms with Gasteiger partial charge in [0.1, 0.15) is 11.1 Å². The number of anilines is 1. The number of nitrogens with zero attached hydrogens (tertiary/aromatic N) is 2. The van der Waals surface area contributed by atoms with Crippen LogP contribution in [0.25, 0.3) is 6.08 Å². The summed E-state index contributed by atoms with van der Waals surface area (Å²) in [4.78, 5) is 27.2. The molecule has 0 bridgehead atoms. The largest absolute Gasteiger partial charge is 0.384 e. The van der Waals surface area contributed by atoms with Crippen LogP contribution < -0.4 is 5.32 Å². The summed E-state index contributed by atoms with van der Waals surface area (Å²) in [6, 6.07) is 11.7. The van der Waals surface area contributed by atoms with Crippen molar-refractivity contribution in [2.45, 2.75) is 19.4 Å². The molecule has 0 atom stereocenters. The number of carbonyl (C=O) groups is 2. The van der Waals surface area contributed by atoms with E-state index < -0.39 is 0 Å². The summed E-state index contributed by atoms with van der Waals surface area (Å²) in [6.07, 6.45) is 4.14. The second-order valence-electron chi connectivity index (χ2n) is 6.36. The highest BCUT2D eigenvalue weighted by Gasteiger charge is 2.27. The lowest BCUT2D eigenvalue weighted by Gasteiger charge is -2.27. The molecule has 1 N–H and O–H groups in total. The number of hydrogen-bond acceptors (Lipinski definition) is 5. The van der Waals surface area contributed by atoms with Crippen LogP contribution in [0.3, 0.4) is 0 Å². The molecule has 0 fully saturated rings. The lowest BCUT2D eigenvalue weighted by atomic mass is 10.0. The van der Waals surface area contributed by atoms with Gasteiger partial charge in [0.25, 0.3) is 0 Å². The van der Waals surface area contributed by atoms with Gasteiger partial charge in [0.15, 0.2) is 0 Å². The summed E-state index contributed by atoms with van der Waals surface area (Å²) in [5.41, 5.74) is 2.37. The third-order valence-electron chi connectivity index (χ3n) is 4.50. The molecule has 1 aliphatic heterocycles. The Kier molecular flexibility index (Phi) is 6.58. The second-order valence-corrected chi connectivity index (χ2v) is 7.47. The van der Waals surface area contributed by atoms with Crippen LogP contribution in [0.5, 0.6) is 0 Å². The number of rotatable bonds is 6. The van der Waals surface area contributed by atoms with Crippen molar-refractivity contribution in [2.24, 2.45) is 0 Å². The minimum Gasteiger partial charge on any atom is -0.384 e. The van der Waals surface area contributed by atoms with E-state index in [0.717, 1.165) is 16.0 Å². The molecular formula is C21H21N3O3S. The molecule has 7 heteroatoms. The average Bonchev–Trinajstić information content (AvgIpc) is 3.07. The first-order valence-corrected chi connectivity index (χ1v) is 9.79. The number of benzene rings is 1. The van der Waals surface area contributed by atoms with Crippen molar-refractivity contribution in [1.82, 2.24) is 4.90 Å². The molecule has 0 aliphatic carbocycles. The average molecular weight is 395 g/mol. The number of carbonyl (C=O) groups excluding carboxylic acids is 2. The SMILES string of the molecule is COCCC(=O)N1CCc2c(sc(NC(=O)C=Cc3ccccc3)c2C#N)C1. The standard InChI is InChI=1S/C21H21N3O3S/c1-27-12-10-20(26)24-11-9-16-17(13-22)21(28-18(16)14-24)23-19(25)8-7-15-5-3-2-4-6-15/h2-8H,9-12,14H2,1H3,(H,23,25). The van der Waals surface area contributed by atoms with Gasteiger partial charge in [-0.05, 0) is 23.6 Å². The maximum absolute atomic E-state index is 12.3. The number of nitriles is 1. The highest BCUT2D eigenvalue weighted by molar-refractivity contribution is 7.16. The van der Waals surface area contributed by atoms with Crippen molar-refractivity contribution in [1.29, 1.82) is 5.26 Å². The number of fused-ring (bicyclic) bond motifs is 1. The van der Waals surface area contributed by atoms with E-state index in [1.54, 1.807) is 18.1 Å². The number of methoxy groups -OCH3 is 1. The van der Waals surface area contributed by atoms with Gasteiger partial charge in [-0.3, -0.25) is 9.59 Å². The van der Waals surface area contributed by atoms with E-state index >= 15 is 0 Å². The third kappa shape index (κ3) is 4.66. The van der Waals surface area contributed by atoms with Crippen LogP contribution in [-0.2, 0) is 27.3 Å². The maximum atomic E-state index is 12.3. The zero-order valence-electron chi connectivity index (χ0n) is 15.6. The van der Waals surface area contributed by atoms with E-state index in [4.69, 9.17) is 4.74 Å². The molecule has 0 spiro atoms. The van der Waals surface area contributed by atoms with Crippen LogP contribution in [0.1, 0.15) is 28.0 Å². The zero-order chi connectivity index (χ0) is 19.9. The van der Waals surface area contributed by atoms with Gasteiger partial charge in [0.2, 0.25) is 11.8 Å². The Labute approximate surface area is 168 Å². The highest BCUT2D eigenvalue weighted by Crippen LogP contribution is 2.36. The van der Waals surface area contributed by atoms with E-state index in [1.165, 1.54) is 17.4 Å². The summed E-state index contributed by atoms with van der Waals surface area (Å²) in [5.74, 6) is -0.247. The first-order valence-electron chi connectivity index (χ1n) is 8.98. The van der Waals surface area contributed by atoms with Gasteiger partial charge in [-0.15, -0.1) is 11.3 Å². The van der Waals surface area contributed by atoms with Gasteiger partial charge >= 0.3 is 0 Å². The van der Waals surface area contributed by atoms with Crippen molar-refractivity contribution < 1.29 is 14.3 Å². The van der Waals surface area contributed by atoms with Crippen LogP contribution in [0.15, 0.2) is 36.4 Å². The summed E-state index contributed by atoms with van der Waals surface area (Å²) >= 11 is 1.37. The Hall–Kier alpha value is -2.95. The molecule has 1 aliphatic rings. The van der Waals surface area contributed by atoms with E-state index in [2.05, 4.69) is 11.4 Å². The molecule has 0 saturated carbocycles. The number of nitrogens with one attached hydrogen (secondary N) is 1. The molecule has 0 unspecified atom stereocenters. The van der Waals surface area contributed by atoms with E-state index in [9.17, 15) is 14.9 Å². The molecule has 28 heavy (non-hydrogen) atoms. The fourth-order valence-corrected chi connectivity index (χ4v) is 4.28. The monoisotopic (exact) mass is 395 g/mol. The third-order valence-corrected chi connectivity index (χ3v) is 5.64. The molecule has 2 aromatic rings. The number of thiophene rings is 1. The number of hydrogen-bond donors (Lipinski definition) is 1. The molecule has 0 radical (unpaired) electrons. The predicted octanol–water partition coefficient (Wildman–Crippen LogP) is 3.19. The summed E-state index contributed by atoms with van der Waals surface area (Å²) < 4.78 is 4.97. The minimum absolute atomic E-state index is 0.0378. The molecule has 1 aromatic carbocycles. The molecule has 3 rings (SSSR count). The van der Waals surface area contributed by atoms with Gasteiger partial charge in [-0.1, -0.05) is 30.3 Å². The van der Waals surface area contributed by atoms with Crippen molar-refractivity contribution in [3.05, 3.63) is 58.0 Å². The fourth-order valence-electron chi connectivity index (χ4n) is 3.06. The number of amides is 2. The van der Waals surface area contributed by atoms with Gasteiger partial charge < -0.3 is 15.0 Å². The van der Waals surface area contributed by atoms with Gasteiger partial charge in [-0.2, -0.15) is 5.26 Å². The van der Waals surface area contributed by atoms with E-state index in [1.807, 2.05) is 30.3 Å². The van der Waals surface area contributed by atoms with Gasteiger partial charge in [0, 0.05) is 24.6 Å². The van der Waals surface area contributed by atoms with E-state index in [0.29, 0.717) is 43.1 Å². The van der Waals surface area contributed by atoms with Crippen molar-refractivity contribution in [2.75, 3.05) is 25.6 Å². The molecule has 2 amide bonds. The zero-order valence-corrected chi connectivity index (χ0v) is 16.4. The first kappa shape index (κ1) is 19.8. The lowest BCUT2D eigenvalue weighted by molar-refractivity contribution is -0.133. The van der Waals surface area contributed by atoms with Gasteiger partial charge in [-0.25, -0.2) is 0 Å². The lowest BCUT2D eigenvalue weighted by Crippen LogP contribution is -2.35. The van der Waals surface area contributed by atoms with Crippen LogP contribution in [-0.4, -0.2) is 37.0 Å². The van der Waals surface area contributed by atoms with Gasteiger partial charge in [0.05, 0.1) is 25.1 Å². The Balaban J connectivity index is 1.71. The molecule has 6 nitrogen and oxygen atoms in total. The topological polar surface area (TPSA) is 82.4 Å². The quantitative estimate of drug-likeness (QED) is 0.762. The highest BCUT2D eigenvalue weighted by atomic mass is 32.1. The Bertz CT molecular complexity index is 928. The Morgan fingerprint density at radius 3 is 2.86 bits per heavy atom. The molecule has 1 aromatic heterocycles. The number of ether oxygens (including phenoxy) is 1. The normalized spacial score (nSPS) is 13.2. The smallest absolute Gasteiger partial charge is 0.249 e. The van der Waals surface area contributed by atoms with E-state index in [-0.39, 0.29) is 11.8 Å². The van der Waals surface area contributed by atoms with Crippen LogP contribution in [0.4, 0.5) is 5.00 Å². The summed E-state index contributed by atoms with van der Waals surface area (Å²) in [6.45, 7) is 1.43. The van der Waals surface area contributed by atoms with Crippen molar-refractivity contribution in [3.63, 3.8) is 0 Å². The van der Waals surface area contributed by atoms with Crippen LogP contribution >= 0.6 is 11.3 Å². The first-order chi connectivity index (χ1) is 13.6. The fraction of sp³-hybridized carbons (Fsp3) is 0.286. The minimum atomic E-state index is -0.285. The van der Waals surface area contributed by atoms with Crippen LogP contribution in [0.2, 0.25) is 0 Å². The van der Waals surface area contributed by atoms with Crippen molar-refractivity contribution >= 4 is 34.2 Å². The molecular weight excluding hydrogens is 374 g/mol. The molecule has 0 saturated heterocycles.